The van der Waals surface area contributed by atoms with Gasteiger partial charge in [-0.3, -0.25) is 0 Å². The molecule has 0 saturated heterocycles. The van der Waals surface area contributed by atoms with E-state index in [0.717, 1.165) is 16.5 Å². The second-order valence-corrected chi connectivity index (χ2v) is 7.35. The first-order valence-corrected chi connectivity index (χ1v) is 8.95. The molecule has 2 aromatic carbocycles. The van der Waals surface area contributed by atoms with Crippen LogP contribution >= 0.6 is 11.8 Å². The minimum absolute atomic E-state index is 0.00852. The predicted molar refractivity (Wildman–Crippen MR) is 92.2 cm³/mol. The van der Waals surface area contributed by atoms with Crippen molar-refractivity contribution < 1.29 is 17.9 Å². The lowest BCUT2D eigenvalue weighted by Gasteiger charge is -2.21. The van der Waals surface area contributed by atoms with Gasteiger partial charge >= 0.3 is 0 Å². The Kier molecular flexibility index (Phi) is 4.74. The number of hydrogen-bond donors (Lipinski definition) is 0. The first-order valence-electron chi connectivity index (χ1n) is 8.07. The van der Waals surface area contributed by atoms with Gasteiger partial charge < -0.3 is 9.30 Å². The second kappa shape index (κ2) is 7.17. The third-order valence-electron chi connectivity index (χ3n) is 4.28. The number of thioether (sulfide) groups is 1. The van der Waals surface area contributed by atoms with Crippen molar-refractivity contribution in [2.75, 3.05) is 0 Å². The molecule has 0 amide bonds. The van der Waals surface area contributed by atoms with Crippen LogP contribution < -0.4 is 0 Å². The molecule has 0 unspecified atom stereocenters. The molecule has 1 aliphatic rings. The van der Waals surface area contributed by atoms with Gasteiger partial charge in [0.25, 0.3) is 0 Å². The Balaban J connectivity index is 1.57. The van der Waals surface area contributed by atoms with Crippen molar-refractivity contribution in [2.45, 2.75) is 29.4 Å². The molecule has 0 aliphatic carbocycles. The summed E-state index contributed by atoms with van der Waals surface area (Å²) in [5, 5.41) is -0.00971. The molecule has 4 rings (SSSR count). The zero-order chi connectivity index (χ0) is 18.1. The summed E-state index contributed by atoms with van der Waals surface area (Å²) in [4.78, 5) is 4.85. The van der Waals surface area contributed by atoms with Gasteiger partial charge in [-0.1, -0.05) is 12.1 Å². The summed E-state index contributed by atoms with van der Waals surface area (Å²) >= 11 is 1.53. The van der Waals surface area contributed by atoms with E-state index >= 15 is 0 Å². The van der Waals surface area contributed by atoms with Crippen molar-refractivity contribution in [3.05, 3.63) is 83.7 Å². The van der Waals surface area contributed by atoms with E-state index < -0.39 is 11.6 Å². The van der Waals surface area contributed by atoms with Crippen LogP contribution in [0.25, 0.3) is 0 Å². The van der Waals surface area contributed by atoms with Crippen molar-refractivity contribution in [3.63, 3.8) is 0 Å². The molecule has 0 N–H and O–H groups in total. The molecule has 2 heterocycles. The molecule has 0 bridgehead atoms. The Bertz CT molecular complexity index is 917. The van der Waals surface area contributed by atoms with E-state index in [9.17, 15) is 13.2 Å². The number of imidazole rings is 1. The Morgan fingerprint density at radius 2 is 1.88 bits per heavy atom. The zero-order valence-electron chi connectivity index (χ0n) is 13.6. The van der Waals surface area contributed by atoms with Gasteiger partial charge in [0.2, 0.25) is 0 Å². The Labute approximate surface area is 152 Å². The number of aromatic nitrogens is 2. The molecule has 26 heavy (non-hydrogen) atoms. The zero-order valence-corrected chi connectivity index (χ0v) is 14.4. The fourth-order valence-corrected chi connectivity index (χ4v) is 4.44. The van der Waals surface area contributed by atoms with Gasteiger partial charge in [-0.2, -0.15) is 0 Å². The van der Waals surface area contributed by atoms with Crippen LogP contribution in [0.4, 0.5) is 13.2 Å². The van der Waals surface area contributed by atoms with Crippen LogP contribution in [0.1, 0.15) is 17.2 Å². The highest BCUT2D eigenvalue weighted by Crippen LogP contribution is 2.47. The van der Waals surface area contributed by atoms with Gasteiger partial charge in [0, 0.05) is 35.5 Å². The SMILES string of the molecule is Fc1ccc(CO[C@H]2c3ccc(F)cc3S[C@H]2Cn2ccnc2)c(F)c1. The van der Waals surface area contributed by atoms with E-state index in [2.05, 4.69) is 4.98 Å². The summed E-state index contributed by atoms with van der Waals surface area (Å²) in [6.07, 6.45) is 4.92. The van der Waals surface area contributed by atoms with Crippen molar-refractivity contribution in [1.29, 1.82) is 0 Å². The molecule has 1 aromatic heterocycles. The average Bonchev–Trinajstić information content (AvgIpc) is 3.22. The maximum atomic E-state index is 13.9. The second-order valence-electron chi connectivity index (χ2n) is 6.07. The Morgan fingerprint density at radius 1 is 1.08 bits per heavy atom. The highest BCUT2D eigenvalue weighted by Gasteiger charge is 2.34. The molecule has 134 valence electrons. The Hall–Kier alpha value is -2.25. The number of benzene rings is 2. The van der Waals surface area contributed by atoms with Crippen LogP contribution in [0.2, 0.25) is 0 Å². The van der Waals surface area contributed by atoms with E-state index in [-0.39, 0.29) is 29.3 Å². The molecule has 0 fully saturated rings. The molecule has 3 nitrogen and oxygen atoms in total. The summed E-state index contributed by atoms with van der Waals surface area (Å²) in [6, 6.07) is 8.02. The molecular formula is C19H15F3N2OS. The molecule has 7 heteroatoms. The number of hydrogen-bond acceptors (Lipinski definition) is 3. The highest BCUT2D eigenvalue weighted by atomic mass is 32.2. The summed E-state index contributed by atoms with van der Waals surface area (Å²) in [6.45, 7) is 0.631. The lowest BCUT2D eigenvalue weighted by Crippen LogP contribution is -2.19. The number of nitrogens with zero attached hydrogens (tertiary/aromatic N) is 2. The van der Waals surface area contributed by atoms with Crippen molar-refractivity contribution in [3.8, 4) is 0 Å². The standard InChI is InChI=1S/C19H15F3N2OS/c20-13-2-1-12(16(22)7-13)10-25-19-15-4-3-14(21)8-17(15)26-18(19)9-24-6-5-23-11-24/h1-8,11,18-19H,9-10H2/t18-,19-/m0/s1. The van der Waals surface area contributed by atoms with Gasteiger partial charge in [-0.15, -0.1) is 11.8 Å². The summed E-state index contributed by atoms with van der Waals surface area (Å²) in [7, 11) is 0. The quantitative estimate of drug-likeness (QED) is 0.644. The minimum atomic E-state index is -0.638. The third-order valence-corrected chi connectivity index (χ3v) is 5.59. The summed E-state index contributed by atoms with van der Waals surface area (Å²) in [5.41, 5.74) is 1.16. The third kappa shape index (κ3) is 3.50. The lowest BCUT2D eigenvalue weighted by atomic mass is 10.1. The molecular weight excluding hydrogens is 361 g/mol. The van der Waals surface area contributed by atoms with E-state index in [4.69, 9.17) is 4.74 Å². The fraction of sp³-hybridized carbons (Fsp3) is 0.211. The maximum Gasteiger partial charge on any atom is 0.131 e. The van der Waals surface area contributed by atoms with E-state index in [0.29, 0.717) is 6.54 Å². The van der Waals surface area contributed by atoms with Gasteiger partial charge in [-0.25, -0.2) is 18.2 Å². The smallest absolute Gasteiger partial charge is 0.131 e. The first kappa shape index (κ1) is 17.2. The average molecular weight is 376 g/mol. The predicted octanol–water partition coefficient (Wildman–Crippen LogP) is 4.73. The topological polar surface area (TPSA) is 27.1 Å². The van der Waals surface area contributed by atoms with Gasteiger partial charge in [-0.05, 0) is 23.8 Å². The Morgan fingerprint density at radius 3 is 2.65 bits per heavy atom. The number of fused-ring (bicyclic) bond motifs is 1. The van der Waals surface area contributed by atoms with Crippen LogP contribution in [0.3, 0.4) is 0 Å². The van der Waals surface area contributed by atoms with Crippen LogP contribution in [0.15, 0.2) is 60.0 Å². The molecule has 2 atom stereocenters. The van der Waals surface area contributed by atoms with Crippen molar-refractivity contribution in [2.24, 2.45) is 0 Å². The van der Waals surface area contributed by atoms with Gasteiger partial charge in [0.15, 0.2) is 0 Å². The molecule has 0 spiro atoms. The largest absolute Gasteiger partial charge is 0.367 e. The van der Waals surface area contributed by atoms with E-state index in [1.165, 1.54) is 36.0 Å². The van der Waals surface area contributed by atoms with Crippen LogP contribution in [-0.4, -0.2) is 14.8 Å². The molecule has 0 radical (unpaired) electrons. The normalized spacial score (nSPS) is 18.9. The summed E-state index contributed by atoms with van der Waals surface area (Å²) < 4.78 is 48.5. The number of ether oxygens (including phenoxy) is 1. The number of halogens is 3. The van der Waals surface area contributed by atoms with Crippen LogP contribution in [0, 0.1) is 17.5 Å². The lowest BCUT2D eigenvalue weighted by molar-refractivity contribution is 0.0351. The first-order chi connectivity index (χ1) is 12.6. The highest BCUT2D eigenvalue weighted by molar-refractivity contribution is 8.00. The summed E-state index contributed by atoms with van der Waals surface area (Å²) in [5.74, 6) is -1.56. The number of rotatable bonds is 5. The molecule has 0 saturated carbocycles. The van der Waals surface area contributed by atoms with Gasteiger partial charge in [0.05, 0.1) is 24.3 Å². The van der Waals surface area contributed by atoms with Crippen molar-refractivity contribution in [1.82, 2.24) is 9.55 Å². The monoisotopic (exact) mass is 376 g/mol. The van der Waals surface area contributed by atoms with E-state index in [1.54, 1.807) is 18.6 Å². The van der Waals surface area contributed by atoms with Gasteiger partial charge in [0.1, 0.15) is 17.5 Å². The molecule has 1 aliphatic heterocycles. The minimum Gasteiger partial charge on any atom is -0.367 e. The van der Waals surface area contributed by atoms with Crippen LogP contribution in [-0.2, 0) is 17.9 Å². The molecule has 3 aromatic rings. The van der Waals surface area contributed by atoms with Crippen LogP contribution in [0.5, 0.6) is 0 Å². The van der Waals surface area contributed by atoms with Crippen molar-refractivity contribution >= 4 is 11.8 Å². The fourth-order valence-electron chi connectivity index (χ4n) is 3.02. The maximum absolute atomic E-state index is 13.9. The van der Waals surface area contributed by atoms with E-state index in [1.807, 2.05) is 10.8 Å².